The number of hydrogen-bond donors (Lipinski definition) is 1. The summed E-state index contributed by atoms with van der Waals surface area (Å²) in [5.41, 5.74) is 2.10. The summed E-state index contributed by atoms with van der Waals surface area (Å²) in [6.45, 7) is 5.68. The average molecular weight is 572 g/mol. The molecule has 10 heteroatoms. The zero-order valence-electron chi connectivity index (χ0n) is 22.6. The van der Waals surface area contributed by atoms with E-state index in [9.17, 15) is 18.0 Å². The number of anilines is 1. The van der Waals surface area contributed by atoms with E-state index in [2.05, 4.69) is 5.32 Å². The van der Waals surface area contributed by atoms with E-state index >= 15 is 0 Å². The molecule has 0 saturated carbocycles. The van der Waals surface area contributed by atoms with Crippen molar-refractivity contribution in [2.45, 2.75) is 44.7 Å². The highest BCUT2D eigenvalue weighted by molar-refractivity contribution is 7.92. The third-order valence-corrected chi connectivity index (χ3v) is 8.39. The molecule has 208 valence electrons. The number of amides is 2. The van der Waals surface area contributed by atoms with Gasteiger partial charge < -0.3 is 15.0 Å². The van der Waals surface area contributed by atoms with Gasteiger partial charge in [0.2, 0.25) is 11.8 Å². The maximum Gasteiger partial charge on any atom is 0.264 e. The van der Waals surface area contributed by atoms with E-state index in [1.54, 1.807) is 24.3 Å². The fourth-order valence-corrected chi connectivity index (χ4v) is 5.74. The molecule has 0 bridgehead atoms. The molecule has 3 rings (SSSR count). The van der Waals surface area contributed by atoms with Crippen molar-refractivity contribution in [2.75, 3.05) is 24.5 Å². The normalized spacial score (nSPS) is 11.9. The molecule has 0 fully saturated rings. The Morgan fingerprint density at radius 1 is 0.974 bits per heavy atom. The predicted octanol–water partition coefficient (Wildman–Crippen LogP) is 4.80. The van der Waals surface area contributed by atoms with E-state index in [1.807, 2.05) is 45.0 Å². The van der Waals surface area contributed by atoms with Crippen LogP contribution in [0.4, 0.5) is 5.69 Å². The molecule has 0 aliphatic carbocycles. The van der Waals surface area contributed by atoms with Gasteiger partial charge in [-0.1, -0.05) is 42.8 Å². The Morgan fingerprint density at radius 2 is 1.62 bits per heavy atom. The van der Waals surface area contributed by atoms with Gasteiger partial charge in [-0.2, -0.15) is 0 Å². The number of benzene rings is 3. The fraction of sp³-hybridized carbons (Fsp3) is 0.310. The molecule has 1 atom stereocenters. The van der Waals surface area contributed by atoms with Crippen LogP contribution in [0.15, 0.2) is 77.7 Å². The molecule has 0 radical (unpaired) electrons. The number of nitrogens with one attached hydrogen (secondary N) is 1. The molecule has 1 N–H and O–H groups in total. The second-order valence-electron chi connectivity index (χ2n) is 8.88. The van der Waals surface area contributed by atoms with Gasteiger partial charge >= 0.3 is 0 Å². The van der Waals surface area contributed by atoms with Crippen LogP contribution in [0.25, 0.3) is 0 Å². The topological polar surface area (TPSA) is 96.0 Å². The first-order valence-electron chi connectivity index (χ1n) is 12.7. The molecule has 0 heterocycles. The van der Waals surface area contributed by atoms with E-state index in [0.29, 0.717) is 23.8 Å². The van der Waals surface area contributed by atoms with Crippen molar-refractivity contribution in [1.82, 2.24) is 10.2 Å². The average Bonchev–Trinajstić information content (AvgIpc) is 2.93. The highest BCUT2D eigenvalue weighted by Gasteiger charge is 2.33. The zero-order chi connectivity index (χ0) is 28.6. The SMILES string of the molecule is CCOc1ccc(N(CC(=O)N(Cc2ccccc2C)C(CC)C(=O)NC)S(=O)(=O)c2ccc(Cl)cc2)cc1. The van der Waals surface area contributed by atoms with Gasteiger partial charge in [-0.25, -0.2) is 8.42 Å². The van der Waals surface area contributed by atoms with Gasteiger partial charge in [0.1, 0.15) is 18.3 Å². The van der Waals surface area contributed by atoms with Crippen molar-refractivity contribution >= 4 is 39.1 Å². The van der Waals surface area contributed by atoms with Crippen LogP contribution >= 0.6 is 11.6 Å². The molecule has 0 spiro atoms. The van der Waals surface area contributed by atoms with Crippen LogP contribution in [0, 0.1) is 6.92 Å². The minimum atomic E-state index is -4.18. The summed E-state index contributed by atoms with van der Waals surface area (Å²) in [6.07, 6.45) is 0.351. The van der Waals surface area contributed by atoms with Crippen LogP contribution in [-0.2, 0) is 26.2 Å². The summed E-state index contributed by atoms with van der Waals surface area (Å²) in [5.74, 6) is -0.268. The molecule has 3 aromatic carbocycles. The monoisotopic (exact) mass is 571 g/mol. The largest absolute Gasteiger partial charge is 0.494 e. The van der Waals surface area contributed by atoms with Crippen molar-refractivity contribution < 1.29 is 22.7 Å². The number of ether oxygens (including phenoxy) is 1. The predicted molar refractivity (Wildman–Crippen MR) is 153 cm³/mol. The molecule has 39 heavy (non-hydrogen) atoms. The van der Waals surface area contributed by atoms with Crippen molar-refractivity contribution in [3.8, 4) is 5.75 Å². The first-order chi connectivity index (χ1) is 18.6. The number of rotatable bonds is 12. The summed E-state index contributed by atoms with van der Waals surface area (Å²) in [7, 11) is -2.67. The number of halogens is 1. The van der Waals surface area contributed by atoms with Crippen molar-refractivity contribution in [1.29, 1.82) is 0 Å². The molecular formula is C29H34ClN3O5S. The lowest BCUT2D eigenvalue weighted by molar-refractivity contribution is -0.140. The van der Waals surface area contributed by atoms with Gasteiger partial charge in [0.25, 0.3) is 10.0 Å². The molecule has 2 amide bonds. The molecular weight excluding hydrogens is 538 g/mol. The van der Waals surface area contributed by atoms with Gasteiger partial charge in [0, 0.05) is 18.6 Å². The molecule has 8 nitrogen and oxygen atoms in total. The first-order valence-corrected chi connectivity index (χ1v) is 14.5. The number of carbonyl (C=O) groups is 2. The highest BCUT2D eigenvalue weighted by atomic mass is 35.5. The molecule has 0 aromatic heterocycles. The smallest absolute Gasteiger partial charge is 0.264 e. The quantitative estimate of drug-likeness (QED) is 0.337. The van der Waals surface area contributed by atoms with Crippen LogP contribution < -0.4 is 14.4 Å². The number of nitrogens with zero attached hydrogens (tertiary/aromatic N) is 2. The Hall–Kier alpha value is -3.56. The lowest BCUT2D eigenvalue weighted by Gasteiger charge is -2.33. The minimum absolute atomic E-state index is 0.0163. The third-order valence-electron chi connectivity index (χ3n) is 6.35. The lowest BCUT2D eigenvalue weighted by atomic mass is 10.1. The molecule has 3 aromatic rings. The molecule has 1 unspecified atom stereocenters. The van der Waals surface area contributed by atoms with E-state index in [4.69, 9.17) is 16.3 Å². The number of carbonyl (C=O) groups excluding carboxylic acids is 2. The van der Waals surface area contributed by atoms with Gasteiger partial charge in [0.15, 0.2) is 0 Å². The van der Waals surface area contributed by atoms with E-state index in [-0.39, 0.29) is 23.0 Å². The maximum absolute atomic E-state index is 14.0. The van der Waals surface area contributed by atoms with E-state index < -0.39 is 28.5 Å². The summed E-state index contributed by atoms with van der Waals surface area (Å²) in [6, 6.07) is 19.0. The Kier molecular flexibility index (Phi) is 10.4. The maximum atomic E-state index is 14.0. The Bertz CT molecular complexity index is 1380. The van der Waals surface area contributed by atoms with E-state index in [0.717, 1.165) is 15.4 Å². The second kappa shape index (κ2) is 13.5. The van der Waals surface area contributed by atoms with Crippen LogP contribution in [0.3, 0.4) is 0 Å². The van der Waals surface area contributed by atoms with Crippen LogP contribution in [0.5, 0.6) is 5.75 Å². The van der Waals surface area contributed by atoms with Crippen molar-refractivity contribution in [3.05, 3.63) is 88.9 Å². The van der Waals surface area contributed by atoms with Crippen LogP contribution in [-0.4, -0.2) is 51.4 Å². The number of aryl methyl sites for hydroxylation is 1. The molecule has 0 saturated heterocycles. The van der Waals surface area contributed by atoms with Crippen molar-refractivity contribution in [3.63, 3.8) is 0 Å². The van der Waals surface area contributed by atoms with E-state index in [1.165, 1.54) is 36.2 Å². The standard InChI is InChI=1S/C29H34ClN3O5S/c1-5-27(29(35)31-4)32(19-22-10-8-7-9-21(22)3)28(34)20-33(24-13-15-25(16-14-24)38-6-2)39(36,37)26-17-11-23(30)12-18-26/h7-18,27H,5-6,19-20H2,1-4H3,(H,31,35). The van der Waals surface area contributed by atoms with Crippen LogP contribution in [0.1, 0.15) is 31.4 Å². The first kappa shape index (κ1) is 30.0. The molecule has 0 aliphatic heterocycles. The van der Waals surface area contributed by atoms with Crippen LogP contribution in [0.2, 0.25) is 5.02 Å². The third kappa shape index (κ3) is 7.30. The summed E-state index contributed by atoms with van der Waals surface area (Å²) >= 11 is 5.99. The Morgan fingerprint density at radius 3 is 2.18 bits per heavy atom. The van der Waals surface area contributed by atoms with Crippen molar-refractivity contribution in [2.24, 2.45) is 0 Å². The minimum Gasteiger partial charge on any atom is -0.494 e. The van der Waals surface area contributed by atoms with Gasteiger partial charge in [0.05, 0.1) is 17.2 Å². The van der Waals surface area contributed by atoms with Gasteiger partial charge in [-0.3, -0.25) is 13.9 Å². The Balaban J connectivity index is 2.07. The zero-order valence-corrected chi connectivity index (χ0v) is 24.1. The summed E-state index contributed by atoms with van der Waals surface area (Å²) < 4.78 is 34.3. The van der Waals surface area contributed by atoms with Gasteiger partial charge in [-0.05, 0) is 79.9 Å². The number of likely N-dealkylation sites (N-methyl/N-ethyl adjacent to an activating group) is 1. The molecule has 0 aliphatic rings. The van der Waals surface area contributed by atoms with Gasteiger partial charge in [-0.15, -0.1) is 0 Å². The number of sulfonamides is 1. The summed E-state index contributed by atoms with van der Waals surface area (Å²) in [4.78, 5) is 28.2. The lowest BCUT2D eigenvalue weighted by Crippen LogP contribution is -2.51. The second-order valence-corrected chi connectivity index (χ2v) is 11.2. The highest BCUT2D eigenvalue weighted by Crippen LogP contribution is 2.27. The summed E-state index contributed by atoms with van der Waals surface area (Å²) in [5, 5.41) is 3.01. The Labute approximate surface area is 235 Å². The fourth-order valence-electron chi connectivity index (χ4n) is 4.19. The number of hydrogen-bond acceptors (Lipinski definition) is 5.